The highest BCUT2D eigenvalue weighted by Gasteiger charge is 2.30. The summed E-state index contributed by atoms with van der Waals surface area (Å²) in [5.74, 6) is 0.422. The van der Waals surface area contributed by atoms with Gasteiger partial charge in [0.25, 0.3) is 0 Å². The molecule has 0 aromatic carbocycles. The van der Waals surface area contributed by atoms with Gasteiger partial charge in [0.2, 0.25) is 15.9 Å². The minimum Gasteiger partial charge on any atom is -0.485 e. The number of nitrogens with one attached hydrogen (secondary N) is 1. The Morgan fingerprint density at radius 1 is 1.52 bits per heavy atom. The van der Waals surface area contributed by atoms with Gasteiger partial charge in [-0.25, -0.2) is 18.1 Å². The van der Waals surface area contributed by atoms with Crippen molar-refractivity contribution in [3.05, 3.63) is 18.3 Å². The molecule has 0 aliphatic carbocycles. The predicted molar refractivity (Wildman–Crippen MR) is 87.0 cm³/mol. The zero-order chi connectivity index (χ0) is 17.0. The molecule has 0 radical (unpaired) electrons. The van der Waals surface area contributed by atoms with Crippen LogP contribution in [0.5, 0.6) is 5.75 Å². The fraction of sp³-hybridized carbons (Fsp3) is 0.571. The van der Waals surface area contributed by atoms with Crippen LogP contribution < -0.4 is 14.4 Å². The molecule has 1 aliphatic rings. The van der Waals surface area contributed by atoms with E-state index in [1.54, 1.807) is 12.3 Å². The van der Waals surface area contributed by atoms with E-state index in [2.05, 4.69) is 9.71 Å². The summed E-state index contributed by atoms with van der Waals surface area (Å²) >= 11 is 0. The van der Waals surface area contributed by atoms with Crippen molar-refractivity contribution in [2.45, 2.75) is 12.5 Å². The summed E-state index contributed by atoms with van der Waals surface area (Å²) < 4.78 is 31.0. The van der Waals surface area contributed by atoms with E-state index in [0.717, 1.165) is 5.82 Å². The first-order chi connectivity index (χ1) is 10.8. The highest BCUT2D eigenvalue weighted by molar-refractivity contribution is 7.90. The number of aromatic nitrogens is 1. The number of rotatable bonds is 6. The summed E-state index contributed by atoms with van der Waals surface area (Å²) in [6, 6.07) is 3.62. The quantitative estimate of drug-likeness (QED) is 0.762. The van der Waals surface area contributed by atoms with E-state index in [9.17, 15) is 13.2 Å². The average molecular weight is 342 g/mol. The Labute approximate surface area is 136 Å². The van der Waals surface area contributed by atoms with Crippen molar-refractivity contribution in [3.8, 4) is 5.75 Å². The van der Waals surface area contributed by atoms with Gasteiger partial charge in [0.15, 0.2) is 11.6 Å². The number of hydrogen-bond acceptors (Lipinski definition) is 6. The predicted octanol–water partition coefficient (Wildman–Crippen LogP) is -0.323. The van der Waals surface area contributed by atoms with Crippen LogP contribution >= 0.6 is 0 Å². The Balaban J connectivity index is 1.97. The number of amides is 1. The second-order valence-corrected chi connectivity index (χ2v) is 7.48. The Morgan fingerprint density at radius 3 is 2.91 bits per heavy atom. The topological polar surface area (TPSA) is 91.8 Å². The van der Waals surface area contributed by atoms with Crippen molar-refractivity contribution in [1.29, 1.82) is 0 Å². The number of carbonyl (C=O) groups excluding carboxylic acids is 1. The lowest BCUT2D eigenvalue weighted by Crippen LogP contribution is -2.38. The number of anilines is 1. The number of carbonyl (C=O) groups is 1. The third kappa shape index (κ3) is 4.55. The fourth-order valence-electron chi connectivity index (χ4n) is 2.37. The SMILES string of the molecule is CNS(=O)(=O)CC(=O)N1CCC(Oc2cccnc2N(C)C)C1. The first-order valence-corrected chi connectivity index (χ1v) is 8.95. The molecule has 1 aromatic rings. The van der Waals surface area contributed by atoms with Crippen molar-refractivity contribution >= 4 is 21.7 Å². The number of pyridine rings is 1. The van der Waals surface area contributed by atoms with Crippen LogP contribution in [-0.4, -0.2) is 70.3 Å². The lowest BCUT2D eigenvalue weighted by atomic mass is 10.3. The highest BCUT2D eigenvalue weighted by Crippen LogP contribution is 2.26. The van der Waals surface area contributed by atoms with Crippen LogP contribution in [0.3, 0.4) is 0 Å². The Bertz CT molecular complexity index is 662. The van der Waals surface area contributed by atoms with Crippen molar-refractivity contribution in [1.82, 2.24) is 14.6 Å². The molecule has 128 valence electrons. The van der Waals surface area contributed by atoms with Gasteiger partial charge in [-0.2, -0.15) is 0 Å². The summed E-state index contributed by atoms with van der Waals surface area (Å²) in [5, 5.41) is 0. The average Bonchev–Trinajstić information content (AvgIpc) is 2.96. The summed E-state index contributed by atoms with van der Waals surface area (Å²) in [6.07, 6.45) is 2.18. The molecule has 9 heteroatoms. The number of sulfonamides is 1. The lowest BCUT2D eigenvalue weighted by Gasteiger charge is -2.20. The van der Waals surface area contributed by atoms with Crippen molar-refractivity contribution in [2.24, 2.45) is 0 Å². The molecule has 1 aliphatic heterocycles. The number of likely N-dealkylation sites (tertiary alicyclic amines) is 1. The highest BCUT2D eigenvalue weighted by atomic mass is 32.2. The molecule has 1 atom stereocenters. The van der Waals surface area contributed by atoms with Gasteiger partial charge >= 0.3 is 0 Å². The summed E-state index contributed by atoms with van der Waals surface area (Å²) in [5.41, 5.74) is 0. The normalized spacial score (nSPS) is 18.0. The van der Waals surface area contributed by atoms with Crippen LogP contribution in [0, 0.1) is 0 Å². The molecule has 23 heavy (non-hydrogen) atoms. The minimum absolute atomic E-state index is 0.167. The number of ether oxygens (including phenoxy) is 1. The monoisotopic (exact) mass is 342 g/mol. The first-order valence-electron chi connectivity index (χ1n) is 7.30. The van der Waals surface area contributed by atoms with E-state index in [0.29, 0.717) is 25.3 Å². The molecule has 1 unspecified atom stereocenters. The van der Waals surface area contributed by atoms with Gasteiger partial charge in [0, 0.05) is 33.3 Å². The van der Waals surface area contributed by atoms with Crippen LogP contribution in [-0.2, 0) is 14.8 Å². The van der Waals surface area contributed by atoms with Crippen LogP contribution in [0.1, 0.15) is 6.42 Å². The largest absolute Gasteiger partial charge is 0.485 e. The molecule has 1 saturated heterocycles. The van der Waals surface area contributed by atoms with Crippen molar-refractivity contribution in [3.63, 3.8) is 0 Å². The Morgan fingerprint density at radius 2 is 2.26 bits per heavy atom. The molecule has 8 nitrogen and oxygen atoms in total. The van der Waals surface area contributed by atoms with Gasteiger partial charge in [-0.15, -0.1) is 0 Å². The van der Waals surface area contributed by atoms with Crippen LogP contribution in [0.25, 0.3) is 0 Å². The van der Waals surface area contributed by atoms with Crippen LogP contribution in [0.2, 0.25) is 0 Å². The second kappa shape index (κ2) is 7.14. The number of hydrogen-bond donors (Lipinski definition) is 1. The maximum Gasteiger partial charge on any atom is 0.239 e. The molecular weight excluding hydrogens is 320 g/mol. The first kappa shape index (κ1) is 17.5. The molecule has 1 N–H and O–H groups in total. The van der Waals surface area contributed by atoms with Crippen molar-refractivity contribution in [2.75, 3.05) is 44.9 Å². The molecule has 0 saturated carbocycles. The molecule has 2 rings (SSSR count). The summed E-state index contributed by atoms with van der Waals surface area (Å²) in [6.45, 7) is 0.861. The minimum atomic E-state index is -3.55. The van der Waals surface area contributed by atoms with Gasteiger partial charge in [0.1, 0.15) is 11.9 Å². The van der Waals surface area contributed by atoms with E-state index in [1.165, 1.54) is 11.9 Å². The maximum absolute atomic E-state index is 12.0. The molecule has 1 fully saturated rings. The van der Waals surface area contributed by atoms with Gasteiger partial charge in [-0.05, 0) is 19.2 Å². The Kier molecular flexibility index (Phi) is 5.42. The molecular formula is C14H22N4O4S. The summed E-state index contributed by atoms with van der Waals surface area (Å²) in [7, 11) is 1.50. The molecule has 0 spiro atoms. The smallest absolute Gasteiger partial charge is 0.239 e. The second-order valence-electron chi connectivity index (χ2n) is 5.55. The Hall–Kier alpha value is -1.87. The van der Waals surface area contributed by atoms with Crippen molar-refractivity contribution < 1.29 is 17.9 Å². The lowest BCUT2D eigenvalue weighted by molar-refractivity contribution is -0.127. The standard InChI is InChI=1S/C14H22N4O4S/c1-15-23(20,21)10-13(19)18-8-6-11(9-18)22-12-5-4-7-16-14(12)17(2)3/h4-5,7,11,15H,6,8-10H2,1-3H3. The summed E-state index contributed by atoms with van der Waals surface area (Å²) in [4.78, 5) is 19.7. The van der Waals surface area contributed by atoms with E-state index < -0.39 is 21.7 Å². The molecule has 0 bridgehead atoms. The van der Waals surface area contributed by atoms with E-state index in [-0.39, 0.29) is 6.10 Å². The number of nitrogens with zero attached hydrogens (tertiary/aromatic N) is 3. The van der Waals surface area contributed by atoms with Gasteiger partial charge < -0.3 is 14.5 Å². The molecule has 1 amide bonds. The van der Waals surface area contributed by atoms with E-state index in [1.807, 2.05) is 25.1 Å². The zero-order valence-corrected chi connectivity index (χ0v) is 14.3. The molecule has 1 aromatic heterocycles. The fourth-order valence-corrected chi connectivity index (χ4v) is 3.02. The molecule has 2 heterocycles. The van der Waals surface area contributed by atoms with Gasteiger partial charge in [0.05, 0.1) is 6.54 Å². The van der Waals surface area contributed by atoms with E-state index >= 15 is 0 Å². The third-order valence-electron chi connectivity index (χ3n) is 3.59. The zero-order valence-electron chi connectivity index (χ0n) is 13.5. The maximum atomic E-state index is 12.0. The van der Waals surface area contributed by atoms with Gasteiger partial charge in [-0.1, -0.05) is 0 Å². The van der Waals surface area contributed by atoms with Crippen LogP contribution in [0.4, 0.5) is 5.82 Å². The third-order valence-corrected chi connectivity index (χ3v) is 4.84. The van der Waals surface area contributed by atoms with E-state index in [4.69, 9.17) is 4.74 Å². The van der Waals surface area contributed by atoms with Crippen LogP contribution in [0.15, 0.2) is 18.3 Å². The van der Waals surface area contributed by atoms with Gasteiger partial charge in [-0.3, -0.25) is 4.79 Å².